The summed E-state index contributed by atoms with van der Waals surface area (Å²) in [5.41, 5.74) is 1.01. The summed E-state index contributed by atoms with van der Waals surface area (Å²) in [7, 11) is -11.0. The van der Waals surface area contributed by atoms with Crippen molar-refractivity contribution in [3.05, 3.63) is 154 Å². The number of benzene rings is 5. The van der Waals surface area contributed by atoms with Crippen molar-refractivity contribution < 1.29 is 49.2 Å². The van der Waals surface area contributed by atoms with Gasteiger partial charge in [-0.2, -0.15) is 13.2 Å². The average molecular weight is 1310 g/mol. The highest BCUT2D eigenvalue weighted by Gasteiger charge is 2.49. The number of anilines is 2. The number of halogens is 4. The first-order valence-electron chi connectivity index (χ1n) is 30.7. The fourth-order valence-corrected chi connectivity index (χ4v) is 15.6. The first kappa shape index (κ1) is 66.2. The Kier molecular flexibility index (Phi) is 21.2. The largest absolute Gasteiger partial charge is 0.501 e. The number of alkyl halides is 3. The van der Waals surface area contributed by atoms with E-state index in [1.165, 1.54) is 45.5 Å². The Morgan fingerprint density at radius 3 is 2.20 bits per heavy atom. The van der Waals surface area contributed by atoms with Gasteiger partial charge in [-0.15, -0.1) is 11.8 Å². The van der Waals surface area contributed by atoms with Crippen LogP contribution in [0.5, 0.6) is 0 Å². The third kappa shape index (κ3) is 16.7. The molecule has 90 heavy (non-hydrogen) atoms. The van der Waals surface area contributed by atoms with Crippen LogP contribution in [0.2, 0.25) is 5.02 Å². The fraction of sp³-hybridized carbons (Fsp3) is 0.433. The Morgan fingerprint density at radius 2 is 1.50 bits per heavy atom. The van der Waals surface area contributed by atoms with E-state index in [4.69, 9.17) is 11.6 Å². The normalized spacial score (nSPS) is 19.0. The minimum Gasteiger partial charge on any atom is -0.380 e. The van der Waals surface area contributed by atoms with E-state index < -0.39 is 64.7 Å². The van der Waals surface area contributed by atoms with Crippen molar-refractivity contribution in [3.8, 4) is 11.8 Å². The van der Waals surface area contributed by atoms with Gasteiger partial charge in [0.1, 0.15) is 10.9 Å². The third-order valence-electron chi connectivity index (χ3n) is 17.6. The van der Waals surface area contributed by atoms with Crippen molar-refractivity contribution in [1.29, 1.82) is 0 Å². The summed E-state index contributed by atoms with van der Waals surface area (Å²) in [6.45, 7) is 13.4. The first-order valence-corrected chi connectivity index (χ1v) is 35.0. The van der Waals surface area contributed by atoms with Crippen LogP contribution in [0.3, 0.4) is 0 Å². The molecule has 0 radical (unpaired) electrons. The molecule has 5 aromatic carbocycles. The molecule has 3 fully saturated rings. The number of fused-ring (bicyclic) bond motifs is 1. The summed E-state index contributed by atoms with van der Waals surface area (Å²) in [5.74, 6) is 4.77. The number of sulfonamides is 1. The summed E-state index contributed by atoms with van der Waals surface area (Å²) in [4.78, 5) is 60.3. The van der Waals surface area contributed by atoms with Crippen LogP contribution >= 0.6 is 23.4 Å². The molecule has 1 aliphatic carbocycles. The number of unbranched alkanes of at least 4 members (excludes halogenated alkanes) is 3. The highest BCUT2D eigenvalue weighted by molar-refractivity contribution is 7.99. The number of sulfone groups is 1. The van der Waals surface area contributed by atoms with E-state index in [1.54, 1.807) is 18.2 Å². The van der Waals surface area contributed by atoms with Crippen LogP contribution in [-0.4, -0.2) is 155 Å². The van der Waals surface area contributed by atoms with E-state index >= 15 is 0 Å². The van der Waals surface area contributed by atoms with Gasteiger partial charge < -0.3 is 24.9 Å². The zero-order valence-electron chi connectivity index (χ0n) is 50.6. The summed E-state index contributed by atoms with van der Waals surface area (Å²) < 4.78 is 99.8. The van der Waals surface area contributed by atoms with Crippen molar-refractivity contribution in [3.63, 3.8) is 0 Å². The predicted octanol–water partition coefficient (Wildman–Crippen LogP) is 10.5. The van der Waals surface area contributed by atoms with E-state index in [-0.39, 0.29) is 29.2 Å². The molecule has 4 amide bonds. The SMILES string of the molecule is CC1(C)CCC(c2ccc(Cl)cc2)=C(CN2CCN(c3ccc(C(=O)NS(=O)(=O)c4ccc(N[C@H](CCN5CCN(CCCCCC#Cc6ccc7c(c6)CN(C6CCC(=O)NC6=O)C7=O)CC5)CSc5ccccc5)c(S(=O)(=O)C(F)(F)F)c4)cc3)CC2)C1. The molecule has 478 valence electrons. The Labute approximate surface area is 535 Å². The smallest absolute Gasteiger partial charge is 0.380 e. The molecule has 1 unspecified atom stereocenters. The number of piperazine rings is 2. The van der Waals surface area contributed by atoms with Crippen LogP contribution in [0.25, 0.3) is 5.57 Å². The molecule has 0 spiro atoms. The number of imide groups is 1. The van der Waals surface area contributed by atoms with Crippen LogP contribution in [0, 0.1) is 17.3 Å². The number of hydrogen-bond acceptors (Lipinski definition) is 14. The molecule has 4 heterocycles. The van der Waals surface area contributed by atoms with Crippen LogP contribution < -0.4 is 20.3 Å². The van der Waals surface area contributed by atoms with E-state index in [9.17, 15) is 49.2 Å². The fourth-order valence-electron chi connectivity index (χ4n) is 12.4. The lowest BCUT2D eigenvalue weighted by atomic mass is 9.73. The zero-order chi connectivity index (χ0) is 63.8. The van der Waals surface area contributed by atoms with Gasteiger partial charge in [-0.05, 0) is 159 Å². The first-order chi connectivity index (χ1) is 43.0. The molecule has 5 aliphatic rings. The van der Waals surface area contributed by atoms with Crippen molar-refractivity contribution in [1.82, 2.24) is 29.6 Å². The molecule has 10 rings (SSSR count). The second-order valence-electron chi connectivity index (χ2n) is 24.6. The Hall–Kier alpha value is -6.71. The van der Waals surface area contributed by atoms with Gasteiger partial charge in [-0.1, -0.05) is 79.6 Å². The van der Waals surface area contributed by atoms with Gasteiger partial charge in [0.15, 0.2) is 0 Å². The number of piperidine rings is 1. The maximum Gasteiger partial charge on any atom is 0.501 e. The average Bonchev–Trinajstić information content (AvgIpc) is 1.20. The second-order valence-corrected chi connectivity index (χ2v) is 29.7. The number of thioether (sulfide) groups is 1. The minimum absolute atomic E-state index is 0.0156. The molecule has 0 aromatic heterocycles. The standard InChI is InChI=1S/C67H76ClF3N8O8S3/c1-66(2)30-28-57(48-15-19-52(68)20-16-48)51(43-66)44-77-37-39-78(40-38-77)54-21-17-49(18-22-54)63(81)74-90(86,87)56-23-25-59(61(42-56)89(84,85)67(69,70)71)72-53(46-88-55-12-8-6-9-13-55)29-32-76-35-33-75(34-36-76)31-10-5-3-4-7-11-47-14-24-58-50(41-47)45-79(65(58)83)60-26-27-62(80)73-64(60)82/h6,8-9,12-25,41-42,53,60,72H,3-5,10,26-40,43-46H2,1-2H3,(H,74,81)(H,73,80,82)/t53-,60?/m1/s1. The van der Waals surface area contributed by atoms with Crippen LogP contribution in [0.4, 0.5) is 24.5 Å². The van der Waals surface area contributed by atoms with E-state index in [0.717, 1.165) is 138 Å². The summed E-state index contributed by atoms with van der Waals surface area (Å²) in [6, 6.07) is 30.6. The molecule has 0 saturated carbocycles. The summed E-state index contributed by atoms with van der Waals surface area (Å²) in [5, 5.41) is 6.10. The minimum atomic E-state index is -6.12. The topological polar surface area (TPSA) is 189 Å². The molecule has 23 heteroatoms. The van der Waals surface area contributed by atoms with Crippen molar-refractivity contribution in [2.45, 2.75) is 117 Å². The predicted molar refractivity (Wildman–Crippen MR) is 345 cm³/mol. The van der Waals surface area contributed by atoms with Crippen LogP contribution in [0.1, 0.15) is 115 Å². The lowest BCUT2D eigenvalue weighted by Gasteiger charge is -2.39. The molecule has 5 aromatic rings. The van der Waals surface area contributed by atoms with Gasteiger partial charge in [-0.25, -0.2) is 21.6 Å². The highest BCUT2D eigenvalue weighted by atomic mass is 35.5. The number of carbonyl (C=O) groups is 4. The summed E-state index contributed by atoms with van der Waals surface area (Å²) >= 11 is 7.67. The lowest BCUT2D eigenvalue weighted by Crippen LogP contribution is -2.52. The van der Waals surface area contributed by atoms with E-state index in [2.05, 4.69) is 68.1 Å². The molecular weight excluding hydrogens is 1230 g/mol. The third-order valence-corrected chi connectivity index (χ3v) is 21.9. The molecule has 0 bridgehead atoms. The van der Waals surface area contributed by atoms with Crippen LogP contribution in [-0.2, 0) is 36.0 Å². The Balaban J connectivity index is 0.709. The number of rotatable bonds is 22. The van der Waals surface area contributed by atoms with Gasteiger partial charge in [0, 0.05) is 129 Å². The number of hydrogen-bond donors (Lipinski definition) is 3. The molecular formula is C67H76ClF3N8O8S3. The molecule has 2 atom stereocenters. The van der Waals surface area contributed by atoms with Crippen LogP contribution in [0.15, 0.2) is 136 Å². The molecule has 4 aliphatic heterocycles. The number of nitrogens with zero attached hydrogens (tertiary/aromatic N) is 5. The number of nitrogens with one attached hydrogen (secondary N) is 3. The number of amides is 4. The quantitative estimate of drug-likeness (QED) is 0.0257. The molecule has 16 nitrogen and oxygen atoms in total. The van der Waals surface area contributed by atoms with E-state index in [0.29, 0.717) is 54.8 Å². The van der Waals surface area contributed by atoms with Gasteiger partial charge in [0.2, 0.25) is 11.8 Å². The molecule has 3 saturated heterocycles. The summed E-state index contributed by atoms with van der Waals surface area (Å²) in [6.07, 6.45) is 7.62. The van der Waals surface area contributed by atoms with Crippen molar-refractivity contribution >= 4 is 83.8 Å². The van der Waals surface area contributed by atoms with Gasteiger partial charge >= 0.3 is 5.51 Å². The zero-order valence-corrected chi connectivity index (χ0v) is 53.8. The molecule has 3 N–H and O–H groups in total. The lowest BCUT2D eigenvalue weighted by molar-refractivity contribution is -0.136. The number of carbonyl (C=O) groups excluding carboxylic acids is 4. The number of allylic oxidation sites excluding steroid dienone is 1. The Bertz CT molecular complexity index is 3770. The Morgan fingerprint density at radius 1 is 0.800 bits per heavy atom. The van der Waals surface area contributed by atoms with Crippen molar-refractivity contribution in [2.75, 3.05) is 88.0 Å². The second kappa shape index (κ2) is 28.8. The van der Waals surface area contributed by atoms with Gasteiger partial charge in [0.05, 0.1) is 10.6 Å². The van der Waals surface area contributed by atoms with Gasteiger partial charge in [-0.3, -0.25) is 29.4 Å². The maximum absolute atomic E-state index is 14.5. The van der Waals surface area contributed by atoms with E-state index in [1.807, 2.05) is 59.3 Å². The van der Waals surface area contributed by atoms with Gasteiger partial charge in [0.25, 0.3) is 31.7 Å². The monoisotopic (exact) mass is 1310 g/mol. The maximum atomic E-state index is 14.5. The highest BCUT2D eigenvalue weighted by Crippen LogP contribution is 2.43. The van der Waals surface area contributed by atoms with Crippen molar-refractivity contribution in [2.24, 2.45) is 5.41 Å².